The van der Waals surface area contributed by atoms with Crippen LogP contribution in [-0.2, 0) is 0 Å². The monoisotopic (exact) mass is 289 g/mol. The van der Waals surface area contributed by atoms with Gasteiger partial charge in [-0.2, -0.15) is 4.98 Å². The Hall–Kier alpha value is -1.45. The number of anilines is 2. The topological polar surface area (TPSA) is 51.4 Å². The fourth-order valence-electron chi connectivity index (χ4n) is 3.17. The summed E-state index contributed by atoms with van der Waals surface area (Å²) >= 11 is 0. The number of pyridine rings is 1. The van der Waals surface area contributed by atoms with Gasteiger partial charge in [0, 0.05) is 13.1 Å². The first-order valence-corrected chi connectivity index (χ1v) is 8.30. The maximum absolute atomic E-state index is 5.99. The van der Waals surface area contributed by atoms with Crippen molar-refractivity contribution in [2.24, 2.45) is 11.3 Å². The van der Waals surface area contributed by atoms with Gasteiger partial charge in [0.1, 0.15) is 5.82 Å². The smallest absolute Gasteiger partial charge is 0.239 e. The number of aromatic nitrogens is 1. The summed E-state index contributed by atoms with van der Waals surface area (Å²) in [5.41, 5.74) is 7.10. The molecule has 21 heavy (non-hydrogen) atoms. The number of hydrogen-bond donors (Lipinski definition) is 1. The molecule has 0 atom stereocenters. The lowest BCUT2D eigenvalue weighted by molar-refractivity contribution is 0.289. The van der Waals surface area contributed by atoms with E-state index in [0.717, 1.165) is 31.4 Å². The number of hydrogen-bond acceptors (Lipinski definition) is 4. The van der Waals surface area contributed by atoms with E-state index in [1.165, 1.54) is 32.1 Å². The molecule has 2 aliphatic rings. The van der Waals surface area contributed by atoms with Crippen LogP contribution < -0.4 is 15.4 Å². The van der Waals surface area contributed by atoms with E-state index < -0.39 is 0 Å². The van der Waals surface area contributed by atoms with Gasteiger partial charge in [0.25, 0.3) is 0 Å². The predicted octanol–water partition coefficient (Wildman–Crippen LogP) is 3.47. The van der Waals surface area contributed by atoms with Crippen molar-refractivity contribution in [2.45, 2.75) is 46.0 Å². The third-order valence-electron chi connectivity index (χ3n) is 5.29. The Morgan fingerprint density at radius 2 is 2.10 bits per heavy atom. The Labute approximate surface area is 127 Å². The standard InChI is InChI=1S/C17H27N3O/c1-3-17(4-2)9-10-20(12-17)15-8-7-14(18)16(19-15)21-11-13-5-6-13/h7-8,13H,3-6,9-12,18H2,1-2H3. The van der Waals surface area contributed by atoms with Gasteiger partial charge in [-0.1, -0.05) is 13.8 Å². The van der Waals surface area contributed by atoms with Crippen molar-refractivity contribution in [1.29, 1.82) is 0 Å². The molecule has 2 fully saturated rings. The van der Waals surface area contributed by atoms with E-state index in [2.05, 4.69) is 23.7 Å². The van der Waals surface area contributed by atoms with E-state index in [4.69, 9.17) is 10.5 Å². The molecule has 0 unspecified atom stereocenters. The van der Waals surface area contributed by atoms with E-state index in [1.54, 1.807) is 0 Å². The lowest BCUT2D eigenvalue weighted by Crippen LogP contribution is -2.26. The zero-order chi connectivity index (χ0) is 14.9. The molecule has 116 valence electrons. The van der Waals surface area contributed by atoms with Crippen LogP contribution in [0.2, 0.25) is 0 Å². The van der Waals surface area contributed by atoms with Crippen LogP contribution >= 0.6 is 0 Å². The molecule has 0 bridgehead atoms. The molecule has 0 spiro atoms. The van der Waals surface area contributed by atoms with Gasteiger partial charge in [-0.05, 0) is 55.6 Å². The van der Waals surface area contributed by atoms with Gasteiger partial charge in [-0.15, -0.1) is 0 Å². The average Bonchev–Trinajstić information content (AvgIpc) is 3.24. The zero-order valence-electron chi connectivity index (χ0n) is 13.3. The SMILES string of the molecule is CCC1(CC)CCN(c2ccc(N)c(OCC3CC3)n2)C1. The van der Waals surface area contributed by atoms with Gasteiger partial charge in [0.05, 0.1) is 12.3 Å². The van der Waals surface area contributed by atoms with Crippen molar-refractivity contribution in [3.63, 3.8) is 0 Å². The van der Waals surface area contributed by atoms with Crippen LogP contribution in [0.5, 0.6) is 5.88 Å². The van der Waals surface area contributed by atoms with Gasteiger partial charge in [0.2, 0.25) is 5.88 Å². The van der Waals surface area contributed by atoms with E-state index in [-0.39, 0.29) is 0 Å². The second kappa shape index (κ2) is 5.74. The lowest BCUT2D eigenvalue weighted by atomic mass is 9.82. The summed E-state index contributed by atoms with van der Waals surface area (Å²) in [6, 6.07) is 3.96. The summed E-state index contributed by atoms with van der Waals surface area (Å²) in [5.74, 6) is 2.35. The summed E-state index contributed by atoms with van der Waals surface area (Å²) in [4.78, 5) is 7.05. The van der Waals surface area contributed by atoms with E-state index in [1.807, 2.05) is 12.1 Å². The summed E-state index contributed by atoms with van der Waals surface area (Å²) in [5, 5.41) is 0. The maximum Gasteiger partial charge on any atom is 0.239 e. The maximum atomic E-state index is 5.99. The third kappa shape index (κ3) is 3.09. The van der Waals surface area contributed by atoms with Crippen molar-refractivity contribution < 1.29 is 4.74 Å². The van der Waals surface area contributed by atoms with Crippen molar-refractivity contribution in [2.75, 3.05) is 30.3 Å². The molecule has 1 aliphatic heterocycles. The minimum Gasteiger partial charge on any atom is -0.476 e. The first kappa shape index (κ1) is 14.5. The highest BCUT2D eigenvalue weighted by Gasteiger charge is 2.35. The molecule has 0 aromatic carbocycles. The largest absolute Gasteiger partial charge is 0.476 e. The molecular weight excluding hydrogens is 262 g/mol. The van der Waals surface area contributed by atoms with Crippen LogP contribution in [0.15, 0.2) is 12.1 Å². The van der Waals surface area contributed by atoms with Crippen LogP contribution in [0.3, 0.4) is 0 Å². The number of nitrogens with two attached hydrogens (primary N) is 1. The molecule has 3 rings (SSSR count). The predicted molar refractivity (Wildman–Crippen MR) is 86.7 cm³/mol. The van der Waals surface area contributed by atoms with Crippen LogP contribution in [0.25, 0.3) is 0 Å². The molecule has 2 heterocycles. The Bertz CT molecular complexity index is 495. The number of nitrogens with zero attached hydrogens (tertiary/aromatic N) is 2. The second-order valence-corrected chi connectivity index (χ2v) is 6.70. The molecule has 1 aromatic rings. The summed E-state index contributed by atoms with van der Waals surface area (Å²) in [6.07, 6.45) is 6.28. The first-order chi connectivity index (χ1) is 10.2. The van der Waals surface area contributed by atoms with Crippen LogP contribution in [0, 0.1) is 11.3 Å². The minimum absolute atomic E-state index is 0.456. The highest BCUT2D eigenvalue weighted by molar-refractivity contribution is 5.55. The van der Waals surface area contributed by atoms with Crippen molar-refractivity contribution >= 4 is 11.5 Å². The van der Waals surface area contributed by atoms with Crippen LogP contribution in [0.1, 0.15) is 46.0 Å². The van der Waals surface area contributed by atoms with Gasteiger partial charge >= 0.3 is 0 Å². The van der Waals surface area contributed by atoms with Crippen LogP contribution in [-0.4, -0.2) is 24.7 Å². The van der Waals surface area contributed by atoms with E-state index in [9.17, 15) is 0 Å². The Balaban J connectivity index is 1.71. The number of nitrogen functional groups attached to an aromatic ring is 1. The van der Waals surface area contributed by atoms with E-state index in [0.29, 0.717) is 17.0 Å². The van der Waals surface area contributed by atoms with Crippen LogP contribution in [0.4, 0.5) is 11.5 Å². The van der Waals surface area contributed by atoms with Gasteiger partial charge in [0.15, 0.2) is 0 Å². The molecule has 0 amide bonds. The number of ether oxygens (including phenoxy) is 1. The van der Waals surface area contributed by atoms with Crippen molar-refractivity contribution in [3.05, 3.63) is 12.1 Å². The summed E-state index contributed by atoms with van der Waals surface area (Å²) in [6.45, 7) is 7.54. The fourth-order valence-corrected chi connectivity index (χ4v) is 3.17. The molecular formula is C17H27N3O. The van der Waals surface area contributed by atoms with Gasteiger partial charge in [-0.3, -0.25) is 0 Å². The molecule has 4 nitrogen and oxygen atoms in total. The van der Waals surface area contributed by atoms with Gasteiger partial charge < -0.3 is 15.4 Å². The molecule has 2 N–H and O–H groups in total. The quantitative estimate of drug-likeness (QED) is 0.871. The van der Waals surface area contributed by atoms with Gasteiger partial charge in [-0.25, -0.2) is 0 Å². The Kier molecular flexibility index (Phi) is 3.96. The Morgan fingerprint density at radius 3 is 2.71 bits per heavy atom. The Morgan fingerprint density at radius 1 is 1.33 bits per heavy atom. The average molecular weight is 289 g/mol. The van der Waals surface area contributed by atoms with E-state index >= 15 is 0 Å². The molecule has 0 radical (unpaired) electrons. The highest BCUT2D eigenvalue weighted by Crippen LogP contribution is 2.39. The molecule has 1 aliphatic carbocycles. The summed E-state index contributed by atoms with van der Waals surface area (Å²) < 4.78 is 5.80. The first-order valence-electron chi connectivity index (χ1n) is 8.30. The van der Waals surface area contributed by atoms with Crippen molar-refractivity contribution in [3.8, 4) is 5.88 Å². The zero-order valence-corrected chi connectivity index (χ0v) is 13.3. The minimum atomic E-state index is 0.456. The second-order valence-electron chi connectivity index (χ2n) is 6.70. The fraction of sp³-hybridized carbons (Fsp3) is 0.706. The highest BCUT2D eigenvalue weighted by atomic mass is 16.5. The molecule has 1 saturated carbocycles. The molecule has 1 aromatic heterocycles. The third-order valence-corrected chi connectivity index (χ3v) is 5.29. The molecule has 1 saturated heterocycles. The summed E-state index contributed by atoms with van der Waals surface area (Å²) in [7, 11) is 0. The lowest BCUT2D eigenvalue weighted by Gasteiger charge is -2.27. The van der Waals surface area contributed by atoms with Crippen molar-refractivity contribution in [1.82, 2.24) is 4.98 Å². The number of rotatable bonds is 6. The molecule has 4 heteroatoms. The normalized spacial score (nSPS) is 20.8.